The van der Waals surface area contributed by atoms with Crippen LogP contribution in [0.5, 0.6) is 0 Å². The van der Waals surface area contributed by atoms with Gasteiger partial charge in [-0.1, -0.05) is 6.92 Å². The first-order valence-corrected chi connectivity index (χ1v) is 5.41. The highest BCUT2D eigenvalue weighted by Crippen LogP contribution is 2.47. The SMILES string of the molecule is CC1CC1c1nc(C(N)C(=O)O)cs1. The second-order valence-electron chi connectivity index (χ2n) is 3.75. The molecule has 1 heterocycles. The Morgan fingerprint density at radius 2 is 2.50 bits per heavy atom. The molecular weight excluding hydrogens is 200 g/mol. The summed E-state index contributed by atoms with van der Waals surface area (Å²) in [6.45, 7) is 2.17. The Bertz CT molecular complexity index is 363. The van der Waals surface area contributed by atoms with Crippen LogP contribution < -0.4 is 5.73 Å². The maximum atomic E-state index is 10.6. The lowest BCUT2D eigenvalue weighted by Crippen LogP contribution is -2.20. The molecule has 0 aliphatic heterocycles. The van der Waals surface area contributed by atoms with Gasteiger partial charge in [0.25, 0.3) is 0 Å². The molecule has 2 rings (SSSR count). The zero-order valence-electron chi connectivity index (χ0n) is 7.80. The van der Waals surface area contributed by atoms with Crippen molar-refractivity contribution in [1.82, 2.24) is 4.98 Å². The lowest BCUT2D eigenvalue weighted by molar-refractivity contribution is -0.138. The molecule has 0 radical (unpaired) electrons. The highest BCUT2D eigenvalue weighted by Gasteiger charge is 2.36. The van der Waals surface area contributed by atoms with Crippen LogP contribution in [0, 0.1) is 5.92 Å². The van der Waals surface area contributed by atoms with E-state index in [0.29, 0.717) is 17.5 Å². The summed E-state index contributed by atoms with van der Waals surface area (Å²) < 4.78 is 0. The van der Waals surface area contributed by atoms with Crippen molar-refractivity contribution in [2.75, 3.05) is 0 Å². The summed E-state index contributed by atoms with van der Waals surface area (Å²) in [5, 5.41) is 11.5. The van der Waals surface area contributed by atoms with Crippen LogP contribution in [0.1, 0.15) is 36.0 Å². The zero-order chi connectivity index (χ0) is 10.3. The van der Waals surface area contributed by atoms with Gasteiger partial charge in [-0.25, -0.2) is 4.98 Å². The molecule has 0 spiro atoms. The number of aromatic nitrogens is 1. The molecule has 3 N–H and O–H groups in total. The molecule has 3 unspecified atom stereocenters. The summed E-state index contributed by atoms with van der Waals surface area (Å²) in [5.41, 5.74) is 5.93. The van der Waals surface area contributed by atoms with Gasteiger partial charge < -0.3 is 10.8 Å². The molecule has 0 bridgehead atoms. The summed E-state index contributed by atoms with van der Waals surface area (Å²) in [4.78, 5) is 14.9. The van der Waals surface area contributed by atoms with Crippen LogP contribution in [0.15, 0.2) is 5.38 Å². The van der Waals surface area contributed by atoms with Crippen LogP contribution >= 0.6 is 11.3 Å². The number of nitrogens with two attached hydrogens (primary N) is 1. The fraction of sp³-hybridized carbons (Fsp3) is 0.556. The number of carboxylic acids is 1. The van der Waals surface area contributed by atoms with E-state index in [2.05, 4.69) is 11.9 Å². The monoisotopic (exact) mass is 212 g/mol. The molecule has 1 aliphatic carbocycles. The minimum atomic E-state index is -1.02. The molecule has 5 heteroatoms. The number of hydrogen-bond donors (Lipinski definition) is 2. The zero-order valence-corrected chi connectivity index (χ0v) is 8.62. The van der Waals surface area contributed by atoms with E-state index < -0.39 is 12.0 Å². The van der Waals surface area contributed by atoms with Crippen LogP contribution in [0.25, 0.3) is 0 Å². The Hall–Kier alpha value is -0.940. The van der Waals surface area contributed by atoms with E-state index in [1.54, 1.807) is 5.38 Å². The van der Waals surface area contributed by atoms with Crippen molar-refractivity contribution in [3.05, 3.63) is 16.1 Å². The topological polar surface area (TPSA) is 76.2 Å². The minimum absolute atomic E-state index is 0.483. The molecule has 0 amide bonds. The van der Waals surface area contributed by atoms with Gasteiger partial charge in [0.1, 0.15) is 6.04 Å². The number of hydrogen-bond acceptors (Lipinski definition) is 4. The van der Waals surface area contributed by atoms with Crippen molar-refractivity contribution in [3.8, 4) is 0 Å². The third kappa shape index (κ3) is 1.65. The second kappa shape index (κ2) is 3.33. The molecule has 0 aromatic carbocycles. The van der Waals surface area contributed by atoms with Gasteiger partial charge in [0, 0.05) is 11.3 Å². The molecule has 0 saturated heterocycles. The lowest BCUT2D eigenvalue weighted by Gasteiger charge is -2.00. The Morgan fingerprint density at radius 1 is 1.86 bits per heavy atom. The average molecular weight is 212 g/mol. The Morgan fingerprint density at radius 3 is 3.00 bits per heavy atom. The molecular formula is C9H12N2O2S. The van der Waals surface area contributed by atoms with Crippen LogP contribution in [-0.4, -0.2) is 16.1 Å². The number of nitrogens with zero attached hydrogens (tertiary/aromatic N) is 1. The molecule has 1 aromatic heterocycles. The summed E-state index contributed by atoms with van der Waals surface area (Å²) >= 11 is 1.52. The van der Waals surface area contributed by atoms with Crippen molar-refractivity contribution in [3.63, 3.8) is 0 Å². The first kappa shape index (κ1) is 9.61. The maximum Gasteiger partial charge on any atom is 0.326 e. The first-order valence-electron chi connectivity index (χ1n) is 4.53. The van der Waals surface area contributed by atoms with E-state index in [0.717, 1.165) is 11.4 Å². The number of carboxylic acid groups (broad SMARTS) is 1. The van der Waals surface area contributed by atoms with Gasteiger partial charge in [-0.15, -0.1) is 11.3 Å². The van der Waals surface area contributed by atoms with Gasteiger partial charge >= 0.3 is 5.97 Å². The molecule has 14 heavy (non-hydrogen) atoms. The van der Waals surface area contributed by atoms with Gasteiger partial charge in [0.2, 0.25) is 0 Å². The maximum absolute atomic E-state index is 10.6. The van der Waals surface area contributed by atoms with Gasteiger partial charge in [-0.3, -0.25) is 4.79 Å². The average Bonchev–Trinajstić information content (AvgIpc) is 2.67. The summed E-state index contributed by atoms with van der Waals surface area (Å²) in [7, 11) is 0. The number of carbonyl (C=O) groups is 1. The standard InChI is InChI=1S/C9H12N2O2S/c1-4-2-5(4)8-11-6(3-14-8)7(10)9(12)13/h3-5,7H,2,10H2,1H3,(H,12,13). The Kier molecular flexibility index (Phi) is 2.28. The number of thiazole rings is 1. The number of aliphatic carboxylic acids is 1. The summed E-state index contributed by atoms with van der Waals surface area (Å²) in [6.07, 6.45) is 1.16. The fourth-order valence-corrected chi connectivity index (χ4v) is 2.51. The quantitative estimate of drug-likeness (QED) is 0.793. The highest BCUT2D eigenvalue weighted by molar-refractivity contribution is 7.09. The van der Waals surface area contributed by atoms with Gasteiger partial charge in [-0.2, -0.15) is 0 Å². The largest absolute Gasteiger partial charge is 0.480 e. The van der Waals surface area contributed by atoms with Crippen LogP contribution in [0.2, 0.25) is 0 Å². The molecule has 4 nitrogen and oxygen atoms in total. The summed E-state index contributed by atoms with van der Waals surface area (Å²) in [6, 6.07) is -0.978. The Balaban J connectivity index is 2.13. The van der Waals surface area contributed by atoms with Crippen molar-refractivity contribution >= 4 is 17.3 Å². The molecule has 1 aliphatic rings. The van der Waals surface area contributed by atoms with Crippen molar-refractivity contribution < 1.29 is 9.90 Å². The Labute approximate surface area is 85.8 Å². The third-order valence-corrected chi connectivity index (χ3v) is 3.55. The van der Waals surface area contributed by atoms with E-state index >= 15 is 0 Å². The normalized spacial score (nSPS) is 27.3. The van der Waals surface area contributed by atoms with Crippen molar-refractivity contribution in [1.29, 1.82) is 0 Å². The van der Waals surface area contributed by atoms with Crippen LogP contribution in [-0.2, 0) is 4.79 Å². The van der Waals surface area contributed by atoms with E-state index in [4.69, 9.17) is 10.8 Å². The smallest absolute Gasteiger partial charge is 0.326 e. The summed E-state index contributed by atoms with van der Waals surface area (Å²) in [5.74, 6) is 0.204. The van der Waals surface area contributed by atoms with E-state index in [1.807, 2.05) is 0 Å². The molecule has 1 saturated carbocycles. The van der Waals surface area contributed by atoms with Crippen LogP contribution in [0.3, 0.4) is 0 Å². The second-order valence-corrected chi connectivity index (χ2v) is 4.64. The van der Waals surface area contributed by atoms with Gasteiger partial charge in [0.15, 0.2) is 0 Å². The van der Waals surface area contributed by atoms with E-state index in [9.17, 15) is 4.79 Å². The first-order chi connectivity index (χ1) is 6.59. The third-order valence-electron chi connectivity index (χ3n) is 2.55. The predicted molar refractivity (Wildman–Crippen MR) is 53.2 cm³/mol. The van der Waals surface area contributed by atoms with Crippen molar-refractivity contribution in [2.24, 2.45) is 11.7 Å². The van der Waals surface area contributed by atoms with E-state index in [-0.39, 0.29) is 0 Å². The number of rotatable bonds is 3. The highest BCUT2D eigenvalue weighted by atomic mass is 32.1. The minimum Gasteiger partial charge on any atom is -0.480 e. The van der Waals surface area contributed by atoms with Crippen LogP contribution in [0.4, 0.5) is 0 Å². The fourth-order valence-electron chi connectivity index (χ4n) is 1.41. The molecule has 76 valence electrons. The molecule has 1 fully saturated rings. The van der Waals surface area contributed by atoms with Crippen molar-refractivity contribution in [2.45, 2.75) is 25.3 Å². The van der Waals surface area contributed by atoms with E-state index in [1.165, 1.54) is 11.3 Å². The van der Waals surface area contributed by atoms with Gasteiger partial charge in [-0.05, 0) is 12.3 Å². The predicted octanol–water partition coefficient (Wildman–Crippen LogP) is 1.35. The molecule has 3 atom stereocenters. The lowest BCUT2D eigenvalue weighted by atomic mass is 10.2. The van der Waals surface area contributed by atoms with Gasteiger partial charge in [0.05, 0.1) is 10.7 Å². The molecule has 1 aromatic rings.